The van der Waals surface area contributed by atoms with Crippen LogP contribution in [0, 0.1) is 0 Å². The Balaban J connectivity index is 1.32. The number of fused-ring (bicyclic) bond motifs is 7. The third-order valence-electron chi connectivity index (χ3n) is 8.77. The van der Waals surface area contributed by atoms with Crippen molar-refractivity contribution < 1.29 is 18.4 Å². The van der Waals surface area contributed by atoms with E-state index in [0.717, 1.165) is 60.8 Å². The lowest BCUT2D eigenvalue weighted by atomic mass is 9.95. The SMILES string of the molecule is CCCCCCCCC1=CN2C(=O)C3=C4c5oc(Br)cc5C(CCCCCCCC)=CN4C(=O)C3=C2c2oc(Br)cc21. The number of halogens is 2. The van der Waals surface area contributed by atoms with Gasteiger partial charge in [0.25, 0.3) is 11.8 Å². The summed E-state index contributed by atoms with van der Waals surface area (Å²) in [5.74, 6) is 0.732. The molecule has 222 valence electrons. The van der Waals surface area contributed by atoms with Gasteiger partial charge < -0.3 is 8.83 Å². The average molecular weight is 698 g/mol. The zero-order valence-corrected chi connectivity index (χ0v) is 27.7. The highest BCUT2D eigenvalue weighted by atomic mass is 79.9. The zero-order chi connectivity index (χ0) is 29.4. The maximum atomic E-state index is 14.1. The lowest BCUT2D eigenvalue weighted by Crippen LogP contribution is -2.27. The number of hydrogen-bond donors (Lipinski definition) is 0. The molecule has 2 aromatic rings. The van der Waals surface area contributed by atoms with Gasteiger partial charge in [-0.15, -0.1) is 0 Å². The predicted octanol–water partition coefficient (Wildman–Crippen LogP) is 10.4. The predicted molar refractivity (Wildman–Crippen MR) is 172 cm³/mol. The number of hydrogen-bond acceptors (Lipinski definition) is 4. The number of furan rings is 2. The first kappa shape index (κ1) is 29.5. The zero-order valence-electron chi connectivity index (χ0n) is 24.5. The Morgan fingerprint density at radius 2 is 0.976 bits per heavy atom. The summed E-state index contributed by atoms with van der Waals surface area (Å²) < 4.78 is 13.5. The molecule has 4 aliphatic rings. The van der Waals surface area contributed by atoms with Crippen LogP contribution >= 0.6 is 31.9 Å². The fourth-order valence-electron chi connectivity index (χ4n) is 6.62. The summed E-state index contributed by atoms with van der Waals surface area (Å²) >= 11 is 7.02. The maximum absolute atomic E-state index is 14.1. The van der Waals surface area contributed by atoms with E-state index < -0.39 is 0 Å². The molecule has 4 aliphatic heterocycles. The highest BCUT2D eigenvalue weighted by Gasteiger charge is 2.52. The molecule has 8 heteroatoms. The molecule has 42 heavy (non-hydrogen) atoms. The lowest BCUT2D eigenvalue weighted by Gasteiger charge is -2.26. The van der Waals surface area contributed by atoms with Gasteiger partial charge >= 0.3 is 0 Å². The molecule has 0 fully saturated rings. The molecule has 0 radical (unpaired) electrons. The van der Waals surface area contributed by atoms with E-state index >= 15 is 0 Å². The quantitative estimate of drug-likeness (QED) is 0.184. The number of rotatable bonds is 14. The van der Waals surface area contributed by atoms with Gasteiger partial charge in [0.05, 0.1) is 11.1 Å². The van der Waals surface area contributed by atoms with Crippen molar-refractivity contribution in [1.82, 2.24) is 9.80 Å². The summed E-state index contributed by atoms with van der Waals surface area (Å²) in [7, 11) is 0. The summed E-state index contributed by atoms with van der Waals surface area (Å²) in [5, 5.41) is 0. The standard InChI is InChI=1S/C34H38Br2N2O4/c1-3-5-7-9-11-13-15-21-19-37-29(31-23(21)17-25(35)41-31)27-28(33(37)39)30-32-24(18-26(36)42-32)22(20-38(30)34(27)40)16-14-12-10-8-6-4-2/h17-20H,3-16H2,1-2H3. The van der Waals surface area contributed by atoms with Gasteiger partial charge in [-0.2, -0.15) is 0 Å². The average Bonchev–Trinajstić information content (AvgIpc) is 3.70. The van der Waals surface area contributed by atoms with E-state index in [-0.39, 0.29) is 11.8 Å². The van der Waals surface area contributed by atoms with E-state index in [9.17, 15) is 9.59 Å². The second-order valence-electron chi connectivity index (χ2n) is 11.7. The van der Waals surface area contributed by atoms with Gasteiger partial charge in [-0.1, -0.05) is 78.1 Å². The Bertz CT molecular complexity index is 1420. The Labute approximate surface area is 264 Å². The van der Waals surface area contributed by atoms with Crippen molar-refractivity contribution in [2.24, 2.45) is 0 Å². The minimum atomic E-state index is -0.212. The van der Waals surface area contributed by atoms with E-state index in [0.29, 0.717) is 43.4 Å². The molecule has 6 heterocycles. The molecule has 0 unspecified atom stereocenters. The van der Waals surface area contributed by atoms with Crippen LogP contribution in [0.15, 0.2) is 53.9 Å². The van der Waals surface area contributed by atoms with Crippen molar-refractivity contribution in [3.63, 3.8) is 0 Å². The van der Waals surface area contributed by atoms with Crippen molar-refractivity contribution >= 4 is 66.2 Å². The van der Waals surface area contributed by atoms with Crippen molar-refractivity contribution in [3.8, 4) is 0 Å². The number of carbonyl (C=O) groups excluding carboxylic acids is 2. The molecule has 0 aliphatic carbocycles. The first-order valence-corrected chi connectivity index (χ1v) is 17.2. The molecular weight excluding hydrogens is 660 g/mol. The van der Waals surface area contributed by atoms with E-state index in [4.69, 9.17) is 8.83 Å². The minimum absolute atomic E-state index is 0.212. The first-order chi connectivity index (χ1) is 20.4. The number of carbonyl (C=O) groups is 2. The van der Waals surface area contributed by atoms with Crippen molar-refractivity contribution in [2.45, 2.75) is 104 Å². The summed E-state index contributed by atoms with van der Waals surface area (Å²) in [4.78, 5) is 31.5. The smallest absolute Gasteiger partial charge is 0.265 e. The summed E-state index contributed by atoms with van der Waals surface area (Å²) in [6.07, 6.45) is 19.9. The molecule has 0 bridgehead atoms. The van der Waals surface area contributed by atoms with E-state index in [1.165, 1.54) is 51.4 Å². The van der Waals surface area contributed by atoms with Crippen LogP contribution in [0.3, 0.4) is 0 Å². The second kappa shape index (κ2) is 12.6. The molecule has 0 saturated carbocycles. The van der Waals surface area contributed by atoms with Crippen LogP contribution in [0.4, 0.5) is 0 Å². The normalized spacial score (nSPS) is 17.0. The van der Waals surface area contributed by atoms with Crippen molar-refractivity contribution in [2.75, 3.05) is 0 Å². The van der Waals surface area contributed by atoms with Crippen LogP contribution in [-0.4, -0.2) is 21.6 Å². The fraction of sp³-hybridized carbons (Fsp3) is 0.471. The van der Waals surface area contributed by atoms with Gasteiger partial charge in [-0.25, -0.2) is 0 Å². The van der Waals surface area contributed by atoms with Crippen molar-refractivity contribution in [1.29, 1.82) is 0 Å². The lowest BCUT2D eigenvalue weighted by molar-refractivity contribution is -0.122. The number of nitrogens with zero attached hydrogens (tertiary/aromatic N) is 2. The number of unbranched alkanes of at least 4 members (excludes halogenated alkanes) is 10. The molecule has 0 spiro atoms. The van der Waals surface area contributed by atoms with Crippen LogP contribution in [-0.2, 0) is 9.59 Å². The monoisotopic (exact) mass is 696 g/mol. The summed E-state index contributed by atoms with van der Waals surface area (Å²) in [6, 6.07) is 3.93. The van der Waals surface area contributed by atoms with Crippen LogP contribution < -0.4 is 0 Å². The van der Waals surface area contributed by atoms with Crippen LogP contribution in [0.25, 0.3) is 22.5 Å². The Morgan fingerprint density at radius 1 is 0.595 bits per heavy atom. The maximum Gasteiger partial charge on any atom is 0.265 e. The third kappa shape index (κ3) is 5.23. The molecular formula is C34H38Br2N2O4. The fourth-order valence-corrected chi connectivity index (χ4v) is 7.40. The molecule has 0 N–H and O–H groups in total. The first-order valence-electron chi connectivity index (χ1n) is 15.6. The Morgan fingerprint density at radius 3 is 1.38 bits per heavy atom. The van der Waals surface area contributed by atoms with Gasteiger partial charge in [0.15, 0.2) is 20.9 Å². The second-order valence-corrected chi connectivity index (χ2v) is 13.3. The van der Waals surface area contributed by atoms with Gasteiger partial charge in [0.1, 0.15) is 11.4 Å². The van der Waals surface area contributed by atoms with Crippen LogP contribution in [0.2, 0.25) is 0 Å². The third-order valence-corrected chi connectivity index (χ3v) is 9.55. The highest BCUT2D eigenvalue weighted by molar-refractivity contribution is 9.10. The van der Waals surface area contributed by atoms with Gasteiger partial charge in [-0.3, -0.25) is 19.4 Å². The summed E-state index contributed by atoms with van der Waals surface area (Å²) in [5.41, 5.74) is 5.88. The van der Waals surface area contributed by atoms with E-state index in [2.05, 4.69) is 45.7 Å². The van der Waals surface area contributed by atoms with E-state index in [1.54, 1.807) is 9.80 Å². The molecule has 0 saturated heterocycles. The van der Waals surface area contributed by atoms with Crippen LogP contribution in [0.5, 0.6) is 0 Å². The van der Waals surface area contributed by atoms with Gasteiger partial charge in [0.2, 0.25) is 0 Å². The molecule has 0 aromatic carbocycles. The Kier molecular flexibility index (Phi) is 8.83. The number of allylic oxidation sites excluding steroid dienone is 2. The summed E-state index contributed by atoms with van der Waals surface area (Å²) in [6.45, 7) is 4.45. The van der Waals surface area contributed by atoms with Gasteiger partial charge in [0, 0.05) is 23.5 Å². The largest absolute Gasteiger partial charge is 0.447 e. The molecule has 2 amide bonds. The topological polar surface area (TPSA) is 66.9 Å². The number of amides is 2. The van der Waals surface area contributed by atoms with Crippen LogP contribution in [0.1, 0.15) is 126 Å². The van der Waals surface area contributed by atoms with E-state index in [1.807, 2.05) is 24.5 Å². The Hall–Kier alpha value is -2.58. The van der Waals surface area contributed by atoms with Gasteiger partial charge in [-0.05, 0) is 80.8 Å². The highest BCUT2D eigenvalue weighted by Crippen LogP contribution is 2.54. The molecule has 0 atom stereocenters. The minimum Gasteiger partial charge on any atom is -0.447 e. The molecule has 6 rings (SSSR count). The van der Waals surface area contributed by atoms with Crippen molar-refractivity contribution in [3.05, 3.63) is 67.7 Å². The molecule has 6 nitrogen and oxygen atoms in total. The molecule has 2 aromatic heterocycles.